The van der Waals surface area contributed by atoms with E-state index in [1.165, 1.54) is 0 Å². The molecule has 1 amide bonds. The zero-order chi connectivity index (χ0) is 22.1. The molecule has 1 saturated heterocycles. The van der Waals surface area contributed by atoms with Crippen molar-refractivity contribution in [1.82, 2.24) is 24.2 Å². The van der Waals surface area contributed by atoms with Gasteiger partial charge in [-0.3, -0.25) is 9.36 Å². The maximum absolute atomic E-state index is 13.0. The van der Waals surface area contributed by atoms with Crippen LogP contribution in [-0.2, 0) is 13.1 Å². The van der Waals surface area contributed by atoms with Gasteiger partial charge >= 0.3 is 5.69 Å². The normalized spacial score (nSPS) is 14.8. The Balaban J connectivity index is 1.31. The molecule has 164 valence electrons. The van der Waals surface area contributed by atoms with E-state index in [4.69, 9.17) is 5.10 Å². The van der Waals surface area contributed by atoms with Crippen LogP contribution < -0.4 is 5.69 Å². The van der Waals surface area contributed by atoms with E-state index in [1.807, 2.05) is 72.5 Å². The van der Waals surface area contributed by atoms with Crippen molar-refractivity contribution in [3.8, 4) is 0 Å². The summed E-state index contributed by atoms with van der Waals surface area (Å²) in [7, 11) is 0. The topological polar surface area (TPSA) is 75.9 Å². The Labute approximate surface area is 186 Å². The van der Waals surface area contributed by atoms with Gasteiger partial charge in [-0.25, -0.2) is 9.48 Å². The third-order valence-electron chi connectivity index (χ3n) is 6.35. The van der Waals surface area contributed by atoms with E-state index in [-0.39, 0.29) is 17.5 Å². The highest BCUT2D eigenvalue weighted by atomic mass is 16.2. The second kappa shape index (κ2) is 8.49. The number of rotatable bonds is 5. The van der Waals surface area contributed by atoms with Gasteiger partial charge in [0.25, 0.3) is 5.91 Å². The number of H-pyrrole nitrogens is 1. The largest absolute Gasteiger partial charge is 0.351 e. The molecule has 0 radical (unpaired) electrons. The molecule has 2 aromatic carbocycles. The summed E-state index contributed by atoms with van der Waals surface area (Å²) in [5.41, 5.74) is 2.59. The van der Waals surface area contributed by atoms with Crippen LogP contribution in [0.3, 0.4) is 0 Å². The lowest BCUT2D eigenvalue weighted by Gasteiger charge is -2.31. The first-order chi connectivity index (χ1) is 15.6. The Bertz CT molecular complexity index is 1260. The Kier molecular flexibility index (Phi) is 5.39. The van der Waals surface area contributed by atoms with Gasteiger partial charge in [-0.05, 0) is 37.5 Å². The van der Waals surface area contributed by atoms with Gasteiger partial charge in [-0.15, -0.1) is 0 Å². The number of benzene rings is 2. The van der Waals surface area contributed by atoms with Gasteiger partial charge in [0.1, 0.15) is 11.5 Å². The lowest BCUT2D eigenvalue weighted by atomic mass is 9.95. The zero-order valence-corrected chi connectivity index (χ0v) is 18.2. The van der Waals surface area contributed by atoms with Crippen molar-refractivity contribution in [2.45, 2.75) is 38.8 Å². The van der Waals surface area contributed by atoms with Crippen molar-refractivity contribution in [1.29, 1.82) is 0 Å². The molecule has 2 aromatic heterocycles. The zero-order valence-electron chi connectivity index (χ0n) is 18.2. The number of carbonyl (C=O) groups is 1. The van der Waals surface area contributed by atoms with Crippen LogP contribution in [0.2, 0.25) is 0 Å². The molecule has 32 heavy (non-hydrogen) atoms. The fraction of sp³-hybridized carbons (Fsp3) is 0.320. The van der Waals surface area contributed by atoms with Crippen LogP contribution in [0.1, 0.15) is 47.6 Å². The van der Waals surface area contributed by atoms with E-state index in [0.717, 1.165) is 35.1 Å². The summed E-state index contributed by atoms with van der Waals surface area (Å²) in [6.07, 6.45) is 1.60. The number of nitrogens with zero attached hydrogens (tertiary/aromatic N) is 4. The van der Waals surface area contributed by atoms with Crippen molar-refractivity contribution in [3.63, 3.8) is 0 Å². The molecule has 1 aliphatic rings. The SMILES string of the molecule is CCn1c(C2CCN(C(=O)c3cc4ccccc4[nH]3)CC2)nn(Cc2ccccc2)c1=O. The summed E-state index contributed by atoms with van der Waals surface area (Å²) >= 11 is 0. The summed E-state index contributed by atoms with van der Waals surface area (Å²) in [5.74, 6) is 1.04. The van der Waals surface area contributed by atoms with E-state index >= 15 is 0 Å². The number of likely N-dealkylation sites (tertiary alicyclic amines) is 1. The molecule has 1 N–H and O–H groups in total. The van der Waals surface area contributed by atoms with Crippen molar-refractivity contribution >= 4 is 16.8 Å². The molecule has 1 fully saturated rings. The van der Waals surface area contributed by atoms with Crippen molar-refractivity contribution in [2.75, 3.05) is 13.1 Å². The summed E-state index contributed by atoms with van der Waals surface area (Å²) in [6, 6.07) is 19.8. The molecule has 0 atom stereocenters. The van der Waals surface area contributed by atoms with Gasteiger partial charge < -0.3 is 9.88 Å². The van der Waals surface area contributed by atoms with E-state index in [9.17, 15) is 9.59 Å². The summed E-state index contributed by atoms with van der Waals surface area (Å²) in [4.78, 5) is 31.1. The molecule has 7 heteroatoms. The molecule has 0 bridgehead atoms. The molecule has 7 nitrogen and oxygen atoms in total. The maximum Gasteiger partial charge on any atom is 0.346 e. The van der Waals surface area contributed by atoms with Crippen LogP contribution in [0.15, 0.2) is 65.5 Å². The van der Waals surface area contributed by atoms with Gasteiger partial charge in [0.2, 0.25) is 0 Å². The summed E-state index contributed by atoms with van der Waals surface area (Å²) < 4.78 is 3.35. The van der Waals surface area contributed by atoms with Gasteiger partial charge in [0.15, 0.2) is 0 Å². The molecule has 4 aromatic rings. The number of amides is 1. The second-order valence-corrected chi connectivity index (χ2v) is 8.37. The van der Waals surface area contributed by atoms with Gasteiger partial charge in [-0.1, -0.05) is 48.5 Å². The van der Waals surface area contributed by atoms with Crippen LogP contribution in [0.25, 0.3) is 10.9 Å². The fourth-order valence-corrected chi connectivity index (χ4v) is 4.62. The molecule has 3 heterocycles. The highest BCUT2D eigenvalue weighted by Gasteiger charge is 2.29. The minimum Gasteiger partial charge on any atom is -0.351 e. The van der Waals surface area contributed by atoms with Crippen LogP contribution in [-0.4, -0.2) is 43.2 Å². The number of hydrogen-bond acceptors (Lipinski definition) is 3. The molecular formula is C25H27N5O2. The Hall–Kier alpha value is -3.61. The highest BCUT2D eigenvalue weighted by molar-refractivity contribution is 5.98. The first-order valence-corrected chi connectivity index (χ1v) is 11.2. The average Bonchev–Trinajstić information content (AvgIpc) is 3.40. The number of aromatic nitrogens is 4. The third kappa shape index (κ3) is 3.75. The number of aromatic amines is 1. The number of para-hydroxylation sites is 1. The minimum atomic E-state index is -0.0667. The fourth-order valence-electron chi connectivity index (χ4n) is 4.62. The quantitative estimate of drug-likeness (QED) is 0.527. The standard InChI is InChI=1S/C25H27N5O2/c1-2-29-23(27-30(25(29)32)17-18-8-4-3-5-9-18)19-12-14-28(15-13-19)24(31)22-16-20-10-6-7-11-21(20)26-22/h3-11,16,19,26H,2,12-15,17H2,1H3. The number of fused-ring (bicyclic) bond motifs is 1. The first-order valence-electron chi connectivity index (χ1n) is 11.2. The number of hydrogen-bond donors (Lipinski definition) is 1. The van der Waals surface area contributed by atoms with Gasteiger partial charge in [0.05, 0.1) is 6.54 Å². The van der Waals surface area contributed by atoms with Crippen molar-refractivity contribution in [3.05, 3.63) is 88.2 Å². The van der Waals surface area contributed by atoms with Crippen LogP contribution >= 0.6 is 0 Å². The molecule has 0 aliphatic carbocycles. The smallest absolute Gasteiger partial charge is 0.346 e. The predicted octanol–water partition coefficient (Wildman–Crippen LogP) is 3.61. The van der Waals surface area contributed by atoms with Crippen LogP contribution in [0, 0.1) is 0 Å². The Morgan fingerprint density at radius 1 is 1.06 bits per heavy atom. The maximum atomic E-state index is 13.0. The average molecular weight is 430 g/mol. The molecule has 1 aliphatic heterocycles. The summed E-state index contributed by atoms with van der Waals surface area (Å²) in [5, 5.41) is 5.76. The number of piperidine rings is 1. The predicted molar refractivity (Wildman–Crippen MR) is 124 cm³/mol. The van der Waals surface area contributed by atoms with E-state index in [2.05, 4.69) is 4.98 Å². The summed E-state index contributed by atoms with van der Waals surface area (Å²) in [6.45, 7) is 4.35. The lowest BCUT2D eigenvalue weighted by Crippen LogP contribution is -2.38. The van der Waals surface area contributed by atoms with Crippen LogP contribution in [0.4, 0.5) is 0 Å². The molecule has 5 rings (SSSR count). The number of carbonyl (C=O) groups excluding carboxylic acids is 1. The van der Waals surface area contributed by atoms with E-state index < -0.39 is 0 Å². The molecule has 0 unspecified atom stereocenters. The Morgan fingerprint density at radius 3 is 2.50 bits per heavy atom. The lowest BCUT2D eigenvalue weighted by molar-refractivity contribution is 0.0705. The highest BCUT2D eigenvalue weighted by Crippen LogP contribution is 2.27. The third-order valence-corrected chi connectivity index (χ3v) is 6.35. The van der Waals surface area contributed by atoms with Crippen molar-refractivity contribution in [2.24, 2.45) is 0 Å². The second-order valence-electron chi connectivity index (χ2n) is 8.37. The molecule has 0 saturated carbocycles. The van der Waals surface area contributed by atoms with Gasteiger partial charge in [0, 0.05) is 36.5 Å². The van der Waals surface area contributed by atoms with Crippen molar-refractivity contribution < 1.29 is 4.79 Å². The Morgan fingerprint density at radius 2 is 1.78 bits per heavy atom. The monoisotopic (exact) mass is 429 g/mol. The van der Waals surface area contributed by atoms with E-state index in [0.29, 0.717) is 31.9 Å². The minimum absolute atomic E-state index is 0.0298. The number of nitrogens with one attached hydrogen (secondary N) is 1. The van der Waals surface area contributed by atoms with Crippen LogP contribution in [0.5, 0.6) is 0 Å². The molecule has 0 spiro atoms. The van der Waals surface area contributed by atoms with Gasteiger partial charge in [-0.2, -0.15) is 5.10 Å². The van der Waals surface area contributed by atoms with E-state index in [1.54, 1.807) is 9.25 Å². The molecular weight excluding hydrogens is 402 g/mol. The first kappa shape index (κ1) is 20.3.